The number of anilines is 1. The Labute approximate surface area is 195 Å². The van der Waals surface area contributed by atoms with E-state index in [0.717, 1.165) is 17.2 Å². The molecule has 0 bridgehead atoms. The molecule has 0 spiro atoms. The van der Waals surface area contributed by atoms with Gasteiger partial charge in [0.05, 0.1) is 17.2 Å². The third kappa shape index (κ3) is 6.55. The highest BCUT2D eigenvalue weighted by Gasteiger charge is 2.34. The smallest absolute Gasteiger partial charge is 0.325 e. The molecular formula is C25H23ClF4N2O. The molecule has 0 saturated heterocycles. The van der Waals surface area contributed by atoms with Gasteiger partial charge in [-0.1, -0.05) is 41.9 Å². The number of aryl methyl sites for hydroxylation is 1. The van der Waals surface area contributed by atoms with E-state index in [-0.39, 0.29) is 18.0 Å². The van der Waals surface area contributed by atoms with Crippen LogP contribution in [0.3, 0.4) is 0 Å². The molecule has 1 unspecified atom stereocenters. The number of carbonyl (C=O) groups excluding carboxylic acids is 1. The van der Waals surface area contributed by atoms with Crippen LogP contribution in [-0.2, 0) is 17.5 Å². The fourth-order valence-corrected chi connectivity index (χ4v) is 3.83. The van der Waals surface area contributed by atoms with Crippen LogP contribution in [0.2, 0.25) is 5.02 Å². The molecule has 1 amide bonds. The summed E-state index contributed by atoms with van der Waals surface area (Å²) in [6.45, 7) is 2.44. The van der Waals surface area contributed by atoms with Crippen LogP contribution >= 0.6 is 11.6 Å². The molecule has 8 heteroatoms. The molecule has 0 aliphatic heterocycles. The summed E-state index contributed by atoms with van der Waals surface area (Å²) in [6.07, 6.45) is -4.61. The molecule has 174 valence electrons. The highest BCUT2D eigenvalue weighted by Crippen LogP contribution is 2.35. The third-order valence-electron chi connectivity index (χ3n) is 5.28. The summed E-state index contributed by atoms with van der Waals surface area (Å²) in [7, 11) is 1.78. The standard InChI is InChI=1S/C25H23ClF4N2O/c1-16-7-10-18(26)13-20(16)21(15-32(2)14-17-8-11-19(27)12-9-17)24(33)31-23-6-4-3-5-22(23)25(28,29)30/h3-13,21H,14-15H2,1-2H3,(H,31,33). The van der Waals surface area contributed by atoms with Crippen LogP contribution < -0.4 is 5.32 Å². The summed E-state index contributed by atoms with van der Waals surface area (Å²) < 4.78 is 53.5. The van der Waals surface area contributed by atoms with E-state index in [0.29, 0.717) is 17.1 Å². The summed E-state index contributed by atoms with van der Waals surface area (Å²) in [5, 5.41) is 2.88. The van der Waals surface area contributed by atoms with Gasteiger partial charge in [-0.15, -0.1) is 0 Å². The topological polar surface area (TPSA) is 32.3 Å². The molecule has 0 aliphatic rings. The Morgan fingerprint density at radius 1 is 1.06 bits per heavy atom. The first-order valence-electron chi connectivity index (χ1n) is 10.2. The fraction of sp³-hybridized carbons (Fsp3) is 0.240. The number of benzene rings is 3. The Morgan fingerprint density at radius 3 is 2.39 bits per heavy atom. The zero-order valence-electron chi connectivity index (χ0n) is 18.1. The first-order valence-corrected chi connectivity index (χ1v) is 10.6. The lowest BCUT2D eigenvalue weighted by Gasteiger charge is -2.26. The SMILES string of the molecule is Cc1ccc(Cl)cc1C(CN(C)Cc1ccc(F)cc1)C(=O)Nc1ccccc1C(F)(F)F. The Balaban J connectivity index is 1.90. The van der Waals surface area contributed by atoms with Crippen LogP contribution in [-0.4, -0.2) is 24.4 Å². The van der Waals surface area contributed by atoms with Crippen molar-refractivity contribution in [2.45, 2.75) is 25.6 Å². The largest absolute Gasteiger partial charge is 0.418 e. The van der Waals surface area contributed by atoms with Crippen LogP contribution in [0, 0.1) is 12.7 Å². The van der Waals surface area contributed by atoms with Gasteiger partial charge in [-0.3, -0.25) is 4.79 Å². The zero-order chi connectivity index (χ0) is 24.2. The Hall–Kier alpha value is -2.90. The van der Waals surface area contributed by atoms with Crippen LogP contribution in [0.25, 0.3) is 0 Å². The minimum absolute atomic E-state index is 0.207. The minimum atomic E-state index is -4.61. The lowest BCUT2D eigenvalue weighted by molar-refractivity contribution is -0.137. The van der Waals surface area contributed by atoms with Crippen molar-refractivity contribution in [1.29, 1.82) is 0 Å². The Morgan fingerprint density at radius 2 is 1.73 bits per heavy atom. The first-order chi connectivity index (χ1) is 15.5. The fourth-order valence-electron chi connectivity index (χ4n) is 3.65. The van der Waals surface area contributed by atoms with Crippen molar-refractivity contribution in [1.82, 2.24) is 4.90 Å². The molecule has 1 N–H and O–H groups in total. The number of rotatable bonds is 7. The van der Waals surface area contributed by atoms with Gasteiger partial charge < -0.3 is 10.2 Å². The normalized spacial score (nSPS) is 12.6. The second-order valence-corrected chi connectivity index (χ2v) is 8.35. The number of alkyl halides is 3. The van der Waals surface area contributed by atoms with E-state index < -0.39 is 23.6 Å². The van der Waals surface area contributed by atoms with Crippen LogP contribution in [0.1, 0.15) is 28.2 Å². The number of nitrogens with zero attached hydrogens (tertiary/aromatic N) is 1. The number of halogens is 5. The molecule has 0 aromatic heterocycles. The molecule has 0 heterocycles. The zero-order valence-corrected chi connectivity index (χ0v) is 18.8. The summed E-state index contributed by atoms with van der Waals surface area (Å²) in [4.78, 5) is 15.1. The van der Waals surface area contributed by atoms with Gasteiger partial charge in [0, 0.05) is 18.1 Å². The average molecular weight is 479 g/mol. The van der Waals surface area contributed by atoms with E-state index in [1.807, 2.05) is 11.8 Å². The van der Waals surface area contributed by atoms with Crippen molar-refractivity contribution in [3.8, 4) is 0 Å². The Kier molecular flexibility index (Phi) is 7.76. The van der Waals surface area contributed by atoms with Crippen molar-refractivity contribution in [3.05, 3.63) is 99.8 Å². The van der Waals surface area contributed by atoms with Crippen molar-refractivity contribution in [2.24, 2.45) is 0 Å². The third-order valence-corrected chi connectivity index (χ3v) is 5.52. The van der Waals surface area contributed by atoms with Gasteiger partial charge in [0.2, 0.25) is 5.91 Å². The first kappa shape index (κ1) is 24.7. The molecule has 3 rings (SSSR count). The van der Waals surface area contributed by atoms with Crippen molar-refractivity contribution in [3.63, 3.8) is 0 Å². The summed E-state index contributed by atoms with van der Waals surface area (Å²) in [5.41, 5.74) is 1.03. The van der Waals surface area contributed by atoms with Crippen molar-refractivity contribution < 1.29 is 22.4 Å². The molecule has 33 heavy (non-hydrogen) atoms. The number of amides is 1. The van der Waals surface area contributed by atoms with Gasteiger partial charge in [0.1, 0.15) is 5.82 Å². The molecule has 0 fully saturated rings. The predicted molar refractivity (Wildman–Crippen MR) is 122 cm³/mol. The lowest BCUT2D eigenvalue weighted by atomic mass is 9.93. The van der Waals surface area contributed by atoms with E-state index in [1.54, 1.807) is 37.4 Å². The molecular weight excluding hydrogens is 456 g/mol. The van der Waals surface area contributed by atoms with E-state index in [2.05, 4.69) is 5.32 Å². The van der Waals surface area contributed by atoms with Crippen LogP contribution in [0.5, 0.6) is 0 Å². The maximum absolute atomic E-state index is 13.4. The van der Waals surface area contributed by atoms with Crippen LogP contribution in [0.4, 0.5) is 23.2 Å². The van der Waals surface area contributed by atoms with E-state index in [4.69, 9.17) is 11.6 Å². The van der Waals surface area contributed by atoms with Gasteiger partial charge in [-0.2, -0.15) is 13.2 Å². The second-order valence-electron chi connectivity index (χ2n) is 7.91. The summed E-state index contributed by atoms with van der Waals surface area (Å²) in [5.74, 6) is -1.73. The van der Waals surface area contributed by atoms with Gasteiger partial charge >= 0.3 is 6.18 Å². The molecule has 0 saturated carbocycles. The molecule has 0 aliphatic carbocycles. The minimum Gasteiger partial charge on any atom is -0.325 e. The number of carbonyl (C=O) groups is 1. The monoisotopic (exact) mass is 478 g/mol. The lowest BCUT2D eigenvalue weighted by Crippen LogP contribution is -2.33. The van der Waals surface area contributed by atoms with E-state index in [9.17, 15) is 22.4 Å². The number of para-hydroxylation sites is 1. The Bertz CT molecular complexity index is 1120. The highest BCUT2D eigenvalue weighted by molar-refractivity contribution is 6.30. The van der Waals surface area contributed by atoms with Crippen molar-refractivity contribution in [2.75, 3.05) is 18.9 Å². The molecule has 3 nitrogen and oxygen atoms in total. The number of hydrogen-bond acceptors (Lipinski definition) is 2. The van der Waals surface area contributed by atoms with Gasteiger partial charge in [0.15, 0.2) is 0 Å². The summed E-state index contributed by atoms with van der Waals surface area (Å²) >= 11 is 6.16. The van der Waals surface area contributed by atoms with Crippen molar-refractivity contribution >= 4 is 23.2 Å². The van der Waals surface area contributed by atoms with Crippen LogP contribution in [0.15, 0.2) is 66.7 Å². The van der Waals surface area contributed by atoms with E-state index in [1.165, 1.54) is 30.3 Å². The van der Waals surface area contributed by atoms with E-state index >= 15 is 0 Å². The second kappa shape index (κ2) is 10.4. The molecule has 0 radical (unpaired) electrons. The number of hydrogen-bond donors (Lipinski definition) is 1. The highest BCUT2D eigenvalue weighted by atomic mass is 35.5. The number of likely N-dealkylation sites (N-methyl/N-ethyl adjacent to an activating group) is 1. The predicted octanol–water partition coefficient (Wildman–Crippen LogP) is 6.66. The maximum atomic E-state index is 13.4. The van der Waals surface area contributed by atoms with Gasteiger partial charge in [-0.25, -0.2) is 4.39 Å². The quantitative estimate of drug-likeness (QED) is 0.385. The molecule has 3 aromatic carbocycles. The number of nitrogens with one attached hydrogen (secondary N) is 1. The van der Waals surface area contributed by atoms with Gasteiger partial charge in [0.25, 0.3) is 0 Å². The summed E-state index contributed by atoms with van der Waals surface area (Å²) in [6, 6.07) is 16.0. The molecule has 3 aromatic rings. The molecule has 1 atom stereocenters. The average Bonchev–Trinajstić information content (AvgIpc) is 2.75. The van der Waals surface area contributed by atoms with Gasteiger partial charge in [-0.05, 0) is 67.1 Å². The maximum Gasteiger partial charge on any atom is 0.418 e.